The maximum absolute atomic E-state index is 12.7. The van der Waals surface area contributed by atoms with Crippen molar-refractivity contribution in [1.82, 2.24) is 14.7 Å². The number of rotatable bonds is 6. The number of carboxylic acids is 1. The fraction of sp³-hybridized carbons (Fsp3) is 0.857. The van der Waals surface area contributed by atoms with Gasteiger partial charge in [-0.15, -0.1) is 0 Å². The van der Waals surface area contributed by atoms with Gasteiger partial charge in [-0.05, 0) is 26.4 Å². The molecule has 1 fully saturated rings. The molecular weight excluding hydrogens is 274 g/mol. The second-order valence-corrected chi connectivity index (χ2v) is 5.46. The Morgan fingerprint density at radius 3 is 2.67 bits per heavy atom. The summed E-state index contributed by atoms with van der Waals surface area (Å²) in [7, 11) is 3.59. The second-order valence-electron chi connectivity index (χ2n) is 5.46. The topological polar surface area (TPSA) is 73.3 Å². The summed E-state index contributed by atoms with van der Waals surface area (Å²) in [5, 5.41) is 8.99. The lowest BCUT2D eigenvalue weighted by Gasteiger charge is -2.34. The van der Waals surface area contributed by atoms with Crippen LogP contribution in [0, 0.1) is 0 Å². The van der Waals surface area contributed by atoms with Gasteiger partial charge in [-0.3, -0.25) is 4.79 Å². The highest BCUT2D eigenvalue weighted by Gasteiger charge is 2.30. The molecule has 0 bridgehead atoms. The summed E-state index contributed by atoms with van der Waals surface area (Å²) >= 11 is 0. The number of hydrogen-bond donors (Lipinski definition) is 1. The van der Waals surface area contributed by atoms with Gasteiger partial charge >= 0.3 is 12.0 Å². The van der Waals surface area contributed by atoms with Crippen LogP contribution in [0.4, 0.5) is 4.79 Å². The van der Waals surface area contributed by atoms with E-state index in [1.807, 2.05) is 4.90 Å². The Morgan fingerprint density at radius 2 is 2.10 bits per heavy atom. The molecule has 122 valence electrons. The first-order valence-corrected chi connectivity index (χ1v) is 7.44. The van der Waals surface area contributed by atoms with Gasteiger partial charge in [0, 0.05) is 32.8 Å². The molecule has 1 atom stereocenters. The van der Waals surface area contributed by atoms with Crippen LogP contribution in [-0.4, -0.2) is 91.3 Å². The molecule has 1 aliphatic heterocycles. The van der Waals surface area contributed by atoms with Crippen molar-refractivity contribution in [3.05, 3.63) is 0 Å². The van der Waals surface area contributed by atoms with Gasteiger partial charge in [-0.1, -0.05) is 6.92 Å². The van der Waals surface area contributed by atoms with Gasteiger partial charge in [-0.2, -0.15) is 0 Å². The zero-order valence-corrected chi connectivity index (χ0v) is 13.2. The van der Waals surface area contributed by atoms with Crippen LogP contribution in [0.5, 0.6) is 0 Å². The normalized spacial score (nSPS) is 20.1. The third-order valence-corrected chi connectivity index (χ3v) is 3.78. The predicted molar refractivity (Wildman–Crippen MR) is 79.4 cm³/mol. The number of urea groups is 1. The third kappa shape index (κ3) is 5.51. The van der Waals surface area contributed by atoms with Crippen LogP contribution in [0.1, 0.15) is 19.8 Å². The number of methoxy groups -OCH3 is 1. The molecule has 1 rings (SSSR count). The van der Waals surface area contributed by atoms with E-state index >= 15 is 0 Å². The van der Waals surface area contributed by atoms with Gasteiger partial charge in [0.05, 0.1) is 6.61 Å². The largest absolute Gasteiger partial charge is 0.480 e. The van der Waals surface area contributed by atoms with Crippen molar-refractivity contribution in [2.75, 3.05) is 53.5 Å². The van der Waals surface area contributed by atoms with Gasteiger partial charge in [0.25, 0.3) is 0 Å². The van der Waals surface area contributed by atoms with Crippen molar-refractivity contribution in [2.24, 2.45) is 0 Å². The highest BCUT2D eigenvalue weighted by atomic mass is 16.5. The summed E-state index contributed by atoms with van der Waals surface area (Å²) in [6, 6.07) is -0.0690. The average Bonchev–Trinajstić information content (AvgIpc) is 2.63. The summed E-state index contributed by atoms with van der Waals surface area (Å²) in [6.07, 6.45) is 1.77. The number of likely N-dealkylation sites (N-methyl/N-ethyl adjacent to an activating group) is 1. The molecule has 1 aliphatic rings. The van der Waals surface area contributed by atoms with Crippen LogP contribution >= 0.6 is 0 Å². The SMILES string of the molecule is CCC1CN(C)CCCN1C(=O)N(CCOC)CC(=O)O. The summed E-state index contributed by atoms with van der Waals surface area (Å²) in [5.41, 5.74) is 0. The lowest BCUT2D eigenvalue weighted by atomic mass is 10.2. The monoisotopic (exact) mass is 301 g/mol. The Hall–Kier alpha value is -1.34. The molecule has 1 unspecified atom stereocenters. The second kappa shape index (κ2) is 8.84. The average molecular weight is 301 g/mol. The number of carbonyl (C=O) groups is 2. The van der Waals surface area contributed by atoms with Gasteiger partial charge in [-0.25, -0.2) is 4.79 Å². The van der Waals surface area contributed by atoms with E-state index in [1.54, 1.807) is 7.11 Å². The number of hydrogen-bond acceptors (Lipinski definition) is 4. The van der Waals surface area contributed by atoms with Crippen molar-refractivity contribution in [3.63, 3.8) is 0 Å². The first kappa shape index (κ1) is 17.7. The Balaban J connectivity index is 2.80. The summed E-state index contributed by atoms with van der Waals surface area (Å²) < 4.78 is 4.97. The highest BCUT2D eigenvalue weighted by Crippen LogP contribution is 2.14. The lowest BCUT2D eigenvalue weighted by molar-refractivity contribution is -0.137. The Morgan fingerprint density at radius 1 is 1.38 bits per heavy atom. The van der Waals surface area contributed by atoms with Gasteiger partial charge in [0.2, 0.25) is 0 Å². The fourth-order valence-corrected chi connectivity index (χ4v) is 2.63. The van der Waals surface area contributed by atoms with E-state index in [2.05, 4.69) is 18.9 Å². The number of amides is 2. The van der Waals surface area contributed by atoms with E-state index in [1.165, 1.54) is 4.90 Å². The molecule has 7 nitrogen and oxygen atoms in total. The quantitative estimate of drug-likeness (QED) is 0.776. The zero-order chi connectivity index (χ0) is 15.8. The van der Waals surface area contributed by atoms with Crippen LogP contribution < -0.4 is 0 Å². The molecule has 0 aromatic carbocycles. The Kier molecular flexibility index (Phi) is 7.45. The molecule has 1 saturated heterocycles. The minimum absolute atomic E-state index is 0.129. The first-order valence-electron chi connectivity index (χ1n) is 7.44. The molecule has 0 aromatic heterocycles. The molecule has 0 radical (unpaired) electrons. The molecule has 1 N–H and O–H groups in total. The van der Waals surface area contributed by atoms with E-state index in [4.69, 9.17) is 9.84 Å². The summed E-state index contributed by atoms with van der Waals surface area (Å²) in [5.74, 6) is -1.00. The minimum Gasteiger partial charge on any atom is -0.480 e. The molecule has 0 spiro atoms. The van der Waals surface area contributed by atoms with Crippen molar-refractivity contribution < 1.29 is 19.4 Å². The van der Waals surface area contributed by atoms with Crippen molar-refractivity contribution in [3.8, 4) is 0 Å². The van der Waals surface area contributed by atoms with Crippen LogP contribution in [-0.2, 0) is 9.53 Å². The van der Waals surface area contributed by atoms with Gasteiger partial charge < -0.3 is 24.5 Å². The maximum Gasteiger partial charge on any atom is 0.323 e. The molecule has 21 heavy (non-hydrogen) atoms. The summed E-state index contributed by atoms with van der Waals surface area (Å²) in [4.78, 5) is 29.1. The predicted octanol–water partition coefficient (Wildman–Crippen LogP) is 0.556. The zero-order valence-electron chi connectivity index (χ0n) is 13.2. The fourth-order valence-electron chi connectivity index (χ4n) is 2.63. The van der Waals surface area contributed by atoms with E-state index < -0.39 is 5.97 Å². The molecular formula is C14H27N3O4. The van der Waals surface area contributed by atoms with Crippen LogP contribution in [0.25, 0.3) is 0 Å². The minimum atomic E-state index is -1.00. The number of aliphatic carboxylic acids is 1. The van der Waals surface area contributed by atoms with Crippen LogP contribution in [0.3, 0.4) is 0 Å². The molecule has 0 saturated carbocycles. The number of nitrogens with zero attached hydrogens (tertiary/aromatic N) is 3. The summed E-state index contributed by atoms with van der Waals surface area (Å²) in [6.45, 7) is 4.86. The standard InChI is InChI=1S/C14H27N3O4/c1-4-12-10-15(2)6-5-7-17(12)14(20)16(8-9-21-3)11-13(18)19/h12H,4-11H2,1-3H3,(H,18,19). The van der Waals surface area contributed by atoms with Crippen molar-refractivity contribution in [2.45, 2.75) is 25.8 Å². The van der Waals surface area contributed by atoms with Crippen molar-refractivity contribution in [1.29, 1.82) is 0 Å². The van der Waals surface area contributed by atoms with Gasteiger partial charge in [0.15, 0.2) is 0 Å². The maximum atomic E-state index is 12.7. The van der Waals surface area contributed by atoms with E-state index in [0.29, 0.717) is 19.7 Å². The molecule has 0 aromatic rings. The molecule has 7 heteroatoms. The third-order valence-electron chi connectivity index (χ3n) is 3.78. The Bertz CT molecular complexity index is 351. The number of ether oxygens (including phenoxy) is 1. The van der Waals surface area contributed by atoms with Crippen LogP contribution in [0.15, 0.2) is 0 Å². The lowest BCUT2D eigenvalue weighted by Crippen LogP contribution is -2.51. The van der Waals surface area contributed by atoms with E-state index in [0.717, 1.165) is 25.9 Å². The van der Waals surface area contributed by atoms with E-state index in [9.17, 15) is 9.59 Å². The van der Waals surface area contributed by atoms with Crippen LogP contribution in [0.2, 0.25) is 0 Å². The number of carboxylic acid groups (broad SMARTS) is 1. The van der Waals surface area contributed by atoms with Crippen molar-refractivity contribution >= 4 is 12.0 Å². The number of carbonyl (C=O) groups excluding carboxylic acids is 1. The van der Waals surface area contributed by atoms with E-state index in [-0.39, 0.29) is 18.6 Å². The first-order chi connectivity index (χ1) is 9.99. The molecule has 2 amide bonds. The Labute approximate surface area is 126 Å². The molecule has 0 aliphatic carbocycles. The smallest absolute Gasteiger partial charge is 0.323 e. The van der Waals surface area contributed by atoms with Gasteiger partial charge in [0.1, 0.15) is 6.54 Å². The molecule has 1 heterocycles. The highest BCUT2D eigenvalue weighted by molar-refractivity contribution is 5.80.